The first-order valence-electron chi connectivity index (χ1n) is 7.56. The summed E-state index contributed by atoms with van der Waals surface area (Å²) in [6, 6.07) is 5.66. The van der Waals surface area contributed by atoms with E-state index in [1.807, 2.05) is 17.5 Å². The second kappa shape index (κ2) is 7.32. The minimum Gasteiger partial charge on any atom is -0.456 e. The van der Waals surface area contributed by atoms with E-state index in [1.165, 1.54) is 6.92 Å². The lowest BCUT2D eigenvalue weighted by Gasteiger charge is -2.06. The lowest BCUT2D eigenvalue weighted by atomic mass is 10.1. The number of aromatic nitrogens is 1. The van der Waals surface area contributed by atoms with E-state index in [2.05, 4.69) is 10.3 Å². The largest absolute Gasteiger partial charge is 0.456 e. The Morgan fingerprint density at radius 1 is 1.54 bits per heavy atom. The number of hydrogen-bond donors (Lipinski definition) is 1. The average molecular weight is 367 g/mol. The molecular formula is C17H16ClFN2O2S. The van der Waals surface area contributed by atoms with Crippen molar-refractivity contribution in [1.82, 2.24) is 4.98 Å². The molecule has 0 saturated carbocycles. The molecule has 24 heavy (non-hydrogen) atoms. The van der Waals surface area contributed by atoms with Gasteiger partial charge in [-0.2, -0.15) is 0 Å². The monoisotopic (exact) mass is 366 g/mol. The molecule has 1 N–H and O–H groups in total. The fourth-order valence-corrected chi connectivity index (χ4v) is 3.30. The van der Waals surface area contributed by atoms with Crippen LogP contribution >= 0.6 is 22.9 Å². The standard InChI is InChI=1S/C17H16ClFN2O2S/c1-10(19)4-5-14-12(9-22)16-17(23-14)13(7-15(18)21-16)20-8-11-3-2-6-24-11/h2-3,6-7,9-10H,4-5,8H2,1H3,(H,20,21). The molecule has 0 aliphatic rings. The molecule has 0 saturated heterocycles. The van der Waals surface area contributed by atoms with Gasteiger partial charge < -0.3 is 9.73 Å². The summed E-state index contributed by atoms with van der Waals surface area (Å²) in [6.07, 6.45) is 0.345. The number of nitrogens with one attached hydrogen (secondary N) is 1. The van der Waals surface area contributed by atoms with Gasteiger partial charge in [0, 0.05) is 23.9 Å². The van der Waals surface area contributed by atoms with E-state index in [4.69, 9.17) is 16.0 Å². The van der Waals surface area contributed by atoms with Crippen molar-refractivity contribution in [2.24, 2.45) is 0 Å². The van der Waals surface area contributed by atoms with Crippen molar-refractivity contribution < 1.29 is 13.6 Å². The van der Waals surface area contributed by atoms with Gasteiger partial charge in [0.25, 0.3) is 0 Å². The topological polar surface area (TPSA) is 55.1 Å². The van der Waals surface area contributed by atoms with E-state index in [1.54, 1.807) is 17.4 Å². The van der Waals surface area contributed by atoms with Gasteiger partial charge in [-0.15, -0.1) is 11.3 Å². The third kappa shape index (κ3) is 3.60. The summed E-state index contributed by atoms with van der Waals surface area (Å²) in [5, 5.41) is 5.53. The Morgan fingerprint density at radius 2 is 2.38 bits per heavy atom. The Kier molecular flexibility index (Phi) is 5.16. The molecule has 126 valence electrons. The van der Waals surface area contributed by atoms with Crippen LogP contribution in [0.5, 0.6) is 0 Å². The van der Waals surface area contributed by atoms with Crippen molar-refractivity contribution in [3.8, 4) is 0 Å². The maximum Gasteiger partial charge on any atom is 0.176 e. The molecule has 0 aromatic carbocycles. The third-order valence-corrected chi connectivity index (χ3v) is 4.71. The number of hydrogen-bond acceptors (Lipinski definition) is 5. The van der Waals surface area contributed by atoms with Gasteiger partial charge in [-0.05, 0) is 24.8 Å². The number of furan rings is 1. The zero-order valence-electron chi connectivity index (χ0n) is 13.0. The molecule has 0 spiro atoms. The van der Waals surface area contributed by atoms with Crippen LogP contribution in [0.2, 0.25) is 5.15 Å². The number of anilines is 1. The van der Waals surface area contributed by atoms with Crippen LogP contribution in [0.4, 0.5) is 10.1 Å². The Hall–Kier alpha value is -1.92. The van der Waals surface area contributed by atoms with Crippen molar-refractivity contribution in [1.29, 1.82) is 0 Å². The number of aldehydes is 1. The fourth-order valence-electron chi connectivity index (χ4n) is 2.46. The number of nitrogens with zero attached hydrogens (tertiary/aromatic N) is 1. The van der Waals surface area contributed by atoms with Gasteiger partial charge >= 0.3 is 0 Å². The maximum atomic E-state index is 13.1. The first-order valence-corrected chi connectivity index (χ1v) is 8.81. The summed E-state index contributed by atoms with van der Waals surface area (Å²) in [6.45, 7) is 2.09. The highest BCUT2D eigenvalue weighted by Crippen LogP contribution is 2.32. The Morgan fingerprint density at radius 3 is 3.04 bits per heavy atom. The van der Waals surface area contributed by atoms with Crippen LogP contribution in [-0.2, 0) is 13.0 Å². The lowest BCUT2D eigenvalue weighted by Crippen LogP contribution is -1.98. The number of alkyl halides is 1. The molecule has 3 heterocycles. The average Bonchev–Trinajstić information content (AvgIpc) is 3.17. The fraction of sp³-hybridized carbons (Fsp3) is 0.294. The summed E-state index contributed by atoms with van der Waals surface area (Å²) < 4.78 is 18.9. The maximum absolute atomic E-state index is 13.1. The Bertz CT molecular complexity index is 846. The van der Waals surface area contributed by atoms with Crippen molar-refractivity contribution in [3.63, 3.8) is 0 Å². The van der Waals surface area contributed by atoms with Gasteiger partial charge in [0.05, 0.1) is 17.4 Å². The number of carbonyl (C=O) groups is 1. The molecule has 1 unspecified atom stereocenters. The molecular weight excluding hydrogens is 351 g/mol. The summed E-state index contributed by atoms with van der Waals surface area (Å²) in [5.41, 5.74) is 1.89. The first-order chi connectivity index (χ1) is 11.6. The highest BCUT2D eigenvalue weighted by Gasteiger charge is 2.19. The number of pyridine rings is 1. The van der Waals surface area contributed by atoms with Crippen molar-refractivity contribution in [3.05, 3.63) is 44.9 Å². The smallest absolute Gasteiger partial charge is 0.176 e. The Balaban J connectivity index is 1.97. The molecule has 0 aliphatic carbocycles. The van der Waals surface area contributed by atoms with Gasteiger partial charge in [0.1, 0.15) is 16.4 Å². The predicted octanol–water partition coefficient (Wildman–Crippen LogP) is 5.26. The Labute approximate surface area is 147 Å². The molecule has 4 nitrogen and oxygen atoms in total. The van der Waals surface area contributed by atoms with Crippen LogP contribution in [0.3, 0.4) is 0 Å². The second-order valence-electron chi connectivity index (χ2n) is 5.48. The van der Waals surface area contributed by atoms with Gasteiger partial charge in [0.15, 0.2) is 11.9 Å². The highest BCUT2D eigenvalue weighted by molar-refractivity contribution is 7.09. The normalized spacial score (nSPS) is 12.5. The molecule has 1 atom stereocenters. The molecule has 3 aromatic rings. The van der Waals surface area contributed by atoms with E-state index in [0.717, 1.165) is 4.88 Å². The van der Waals surface area contributed by atoms with Crippen molar-refractivity contribution >= 4 is 46.0 Å². The molecule has 0 radical (unpaired) electrons. The number of aryl methyl sites for hydroxylation is 1. The number of carbonyl (C=O) groups excluding carboxylic acids is 1. The molecule has 3 rings (SSSR count). The number of fused-ring (bicyclic) bond motifs is 1. The van der Waals surface area contributed by atoms with Crippen LogP contribution < -0.4 is 5.32 Å². The summed E-state index contributed by atoms with van der Waals surface area (Å²) in [7, 11) is 0. The number of halogens is 2. The molecule has 0 bridgehead atoms. The molecule has 0 fully saturated rings. The first kappa shape index (κ1) is 16.9. The van der Waals surface area contributed by atoms with E-state index < -0.39 is 6.17 Å². The van der Waals surface area contributed by atoms with Gasteiger partial charge in [-0.3, -0.25) is 4.79 Å². The van der Waals surface area contributed by atoms with E-state index >= 15 is 0 Å². The van der Waals surface area contributed by atoms with Crippen LogP contribution in [0.1, 0.15) is 34.3 Å². The van der Waals surface area contributed by atoms with Crippen molar-refractivity contribution in [2.75, 3.05) is 5.32 Å². The van der Waals surface area contributed by atoms with Crippen LogP contribution in [0.15, 0.2) is 28.0 Å². The van der Waals surface area contributed by atoms with Crippen molar-refractivity contribution in [2.45, 2.75) is 32.5 Å². The zero-order chi connectivity index (χ0) is 17.1. The third-order valence-electron chi connectivity index (χ3n) is 3.64. The number of thiophene rings is 1. The summed E-state index contributed by atoms with van der Waals surface area (Å²) in [4.78, 5) is 16.8. The SMILES string of the molecule is CC(F)CCc1oc2c(NCc3cccs3)cc(Cl)nc2c1C=O. The van der Waals surface area contributed by atoms with E-state index in [-0.39, 0.29) is 11.6 Å². The van der Waals surface area contributed by atoms with Gasteiger partial charge in [-0.1, -0.05) is 17.7 Å². The van der Waals surface area contributed by atoms with E-state index in [9.17, 15) is 9.18 Å². The number of rotatable bonds is 7. The predicted molar refractivity (Wildman–Crippen MR) is 94.9 cm³/mol. The minimum atomic E-state index is -0.967. The second-order valence-corrected chi connectivity index (χ2v) is 6.90. The van der Waals surface area contributed by atoms with Crippen LogP contribution in [-0.4, -0.2) is 17.4 Å². The van der Waals surface area contributed by atoms with E-state index in [0.29, 0.717) is 47.4 Å². The molecule has 0 amide bonds. The van der Waals surface area contributed by atoms with Crippen LogP contribution in [0, 0.1) is 0 Å². The summed E-state index contributed by atoms with van der Waals surface area (Å²) in [5.74, 6) is 0.443. The lowest BCUT2D eigenvalue weighted by molar-refractivity contribution is 0.112. The molecule has 0 aliphatic heterocycles. The van der Waals surface area contributed by atoms with Gasteiger partial charge in [0.2, 0.25) is 0 Å². The zero-order valence-corrected chi connectivity index (χ0v) is 14.6. The molecule has 3 aromatic heterocycles. The highest BCUT2D eigenvalue weighted by atomic mass is 35.5. The van der Waals surface area contributed by atoms with Crippen LogP contribution in [0.25, 0.3) is 11.1 Å². The quantitative estimate of drug-likeness (QED) is 0.458. The minimum absolute atomic E-state index is 0.269. The summed E-state index contributed by atoms with van der Waals surface area (Å²) >= 11 is 7.72. The van der Waals surface area contributed by atoms with Gasteiger partial charge in [-0.25, -0.2) is 9.37 Å². The molecule has 7 heteroatoms.